The Morgan fingerprint density at radius 1 is 1.07 bits per heavy atom. The molecule has 2 N–H and O–H groups in total. The predicted octanol–water partition coefficient (Wildman–Crippen LogP) is 2.42. The van der Waals surface area contributed by atoms with Gasteiger partial charge in [0.05, 0.1) is 0 Å². The number of anilines is 1. The lowest BCUT2D eigenvalue weighted by Crippen LogP contribution is -2.35. The van der Waals surface area contributed by atoms with Crippen LogP contribution in [0.5, 0.6) is 0 Å². The Labute approximate surface area is 166 Å². The molecular weight excluding hydrogens is 376 g/mol. The van der Waals surface area contributed by atoms with Crippen LogP contribution in [0.3, 0.4) is 0 Å². The van der Waals surface area contributed by atoms with Crippen LogP contribution in [0.15, 0.2) is 59.4 Å². The molecule has 3 aromatic rings. The Balaban J connectivity index is 1.75. The quantitative estimate of drug-likeness (QED) is 0.630. The summed E-state index contributed by atoms with van der Waals surface area (Å²) in [5, 5.41) is 15.6. The van der Waals surface area contributed by atoms with Gasteiger partial charge in [-0.05, 0) is 29.8 Å². The van der Waals surface area contributed by atoms with E-state index in [1.807, 2.05) is 0 Å². The first-order valence-electron chi connectivity index (χ1n) is 8.67. The second-order valence-electron chi connectivity index (χ2n) is 6.27. The minimum atomic E-state index is -1.11. The number of rotatable bonds is 7. The molecule has 29 heavy (non-hydrogen) atoms. The van der Waals surface area contributed by atoms with Crippen molar-refractivity contribution in [2.75, 3.05) is 11.9 Å². The maximum atomic E-state index is 12.8. The van der Waals surface area contributed by atoms with Gasteiger partial charge in [0, 0.05) is 30.3 Å². The molecule has 0 aliphatic heterocycles. The summed E-state index contributed by atoms with van der Waals surface area (Å²) in [5.41, 5.74) is 2.37. The lowest BCUT2D eigenvalue weighted by Gasteiger charge is -2.21. The highest BCUT2D eigenvalue weighted by molar-refractivity contribution is 5.96. The van der Waals surface area contributed by atoms with Crippen molar-refractivity contribution in [2.24, 2.45) is 0 Å². The number of nitrogens with one attached hydrogen (secondary N) is 1. The van der Waals surface area contributed by atoms with Gasteiger partial charge in [0.15, 0.2) is 0 Å². The highest BCUT2D eigenvalue weighted by Crippen LogP contribution is 2.18. The molecule has 0 fully saturated rings. The molecule has 0 saturated carbocycles. The third-order valence-corrected chi connectivity index (χ3v) is 4.01. The largest absolute Gasteiger partial charge is 0.480 e. The smallest absolute Gasteiger partial charge is 0.323 e. The van der Waals surface area contributed by atoms with Crippen LogP contribution in [0.25, 0.3) is 11.4 Å². The van der Waals surface area contributed by atoms with Gasteiger partial charge in [-0.1, -0.05) is 29.4 Å². The number of hydrogen-bond donors (Lipinski definition) is 2. The first-order chi connectivity index (χ1) is 13.9. The average Bonchev–Trinajstić information content (AvgIpc) is 3.22. The molecule has 2 amide bonds. The fourth-order valence-electron chi connectivity index (χ4n) is 2.72. The summed E-state index contributed by atoms with van der Waals surface area (Å²) < 4.78 is 4.72. The molecule has 1 aromatic heterocycles. The molecule has 2 aromatic carbocycles. The van der Waals surface area contributed by atoms with Crippen molar-refractivity contribution in [1.29, 1.82) is 0 Å². The second-order valence-corrected chi connectivity index (χ2v) is 6.27. The highest BCUT2D eigenvalue weighted by Gasteiger charge is 2.19. The van der Waals surface area contributed by atoms with E-state index in [9.17, 15) is 19.5 Å². The molecule has 0 unspecified atom stereocenters. The molecule has 0 aliphatic carbocycles. The molecule has 1 heterocycles. The number of aromatic nitrogens is 2. The van der Waals surface area contributed by atoms with E-state index in [-0.39, 0.29) is 12.5 Å². The van der Waals surface area contributed by atoms with Gasteiger partial charge in [-0.3, -0.25) is 14.4 Å². The fraction of sp³-hybridized carbons (Fsp3) is 0.150. The summed E-state index contributed by atoms with van der Waals surface area (Å²) in [7, 11) is 0. The summed E-state index contributed by atoms with van der Waals surface area (Å²) in [6, 6.07) is 13.4. The first kappa shape index (κ1) is 19.7. The summed E-state index contributed by atoms with van der Waals surface area (Å²) in [6.45, 7) is 1.06. The monoisotopic (exact) mass is 394 g/mol. The summed E-state index contributed by atoms with van der Waals surface area (Å²) in [5.74, 6) is -1.32. The molecule has 148 valence electrons. The third-order valence-electron chi connectivity index (χ3n) is 4.01. The standard InChI is InChI=1S/C20H18N4O5/c1-13(25)22-17-8-6-16(7-9-17)20(28)24(11-18(26)27)10-14-2-4-15(5-3-14)19-21-12-29-23-19/h2-9,12H,10-11H2,1H3,(H,22,25)(H,26,27). The van der Waals surface area contributed by atoms with Crippen LogP contribution in [-0.2, 0) is 16.1 Å². The molecule has 0 saturated heterocycles. The minimum absolute atomic E-state index is 0.116. The van der Waals surface area contributed by atoms with Gasteiger partial charge in [-0.15, -0.1) is 0 Å². The van der Waals surface area contributed by atoms with E-state index in [1.54, 1.807) is 48.5 Å². The SMILES string of the molecule is CC(=O)Nc1ccc(C(=O)N(CC(=O)O)Cc2ccc(-c3ncon3)cc2)cc1. The average molecular weight is 394 g/mol. The van der Waals surface area contributed by atoms with Crippen molar-refractivity contribution in [3.05, 3.63) is 66.1 Å². The number of carbonyl (C=O) groups excluding carboxylic acids is 2. The minimum Gasteiger partial charge on any atom is -0.480 e. The fourth-order valence-corrected chi connectivity index (χ4v) is 2.72. The number of carbonyl (C=O) groups is 3. The lowest BCUT2D eigenvalue weighted by atomic mass is 10.1. The maximum absolute atomic E-state index is 12.8. The summed E-state index contributed by atoms with van der Waals surface area (Å²) in [6.07, 6.45) is 1.23. The van der Waals surface area contributed by atoms with E-state index >= 15 is 0 Å². The Kier molecular flexibility index (Phi) is 5.98. The molecule has 0 atom stereocenters. The number of aliphatic carboxylic acids is 1. The normalized spacial score (nSPS) is 10.4. The Morgan fingerprint density at radius 2 is 1.76 bits per heavy atom. The van der Waals surface area contributed by atoms with Gasteiger partial charge >= 0.3 is 5.97 Å². The van der Waals surface area contributed by atoms with E-state index in [1.165, 1.54) is 18.2 Å². The molecular formula is C20H18N4O5. The number of hydrogen-bond acceptors (Lipinski definition) is 6. The van der Waals surface area contributed by atoms with Crippen LogP contribution < -0.4 is 5.32 Å². The number of nitrogens with zero attached hydrogens (tertiary/aromatic N) is 3. The van der Waals surface area contributed by atoms with Crippen LogP contribution in [-0.4, -0.2) is 44.5 Å². The third kappa shape index (κ3) is 5.25. The zero-order valence-electron chi connectivity index (χ0n) is 15.5. The van der Waals surface area contributed by atoms with Crippen LogP contribution in [0.4, 0.5) is 5.69 Å². The van der Waals surface area contributed by atoms with Crippen molar-refractivity contribution < 1.29 is 24.0 Å². The number of amides is 2. The number of carboxylic acids is 1. The van der Waals surface area contributed by atoms with Crippen LogP contribution in [0, 0.1) is 0 Å². The Bertz CT molecular complexity index is 998. The van der Waals surface area contributed by atoms with E-state index < -0.39 is 18.4 Å². The van der Waals surface area contributed by atoms with Gasteiger partial charge in [0.2, 0.25) is 18.1 Å². The van der Waals surface area contributed by atoms with Gasteiger partial charge in [-0.25, -0.2) is 0 Å². The van der Waals surface area contributed by atoms with Crippen molar-refractivity contribution in [3.8, 4) is 11.4 Å². The van der Waals surface area contributed by atoms with Crippen LogP contribution in [0.1, 0.15) is 22.8 Å². The van der Waals surface area contributed by atoms with Crippen LogP contribution in [0.2, 0.25) is 0 Å². The zero-order valence-corrected chi connectivity index (χ0v) is 15.5. The Hall–Kier alpha value is -4.01. The lowest BCUT2D eigenvalue weighted by molar-refractivity contribution is -0.137. The van der Waals surface area contributed by atoms with E-state index in [0.717, 1.165) is 11.1 Å². The summed E-state index contributed by atoms with van der Waals surface area (Å²) >= 11 is 0. The van der Waals surface area contributed by atoms with Gasteiger partial charge in [-0.2, -0.15) is 4.98 Å². The number of carboxylic acid groups (broad SMARTS) is 1. The van der Waals surface area contributed by atoms with Gasteiger partial charge in [0.1, 0.15) is 6.54 Å². The summed E-state index contributed by atoms with van der Waals surface area (Å²) in [4.78, 5) is 40.4. The highest BCUT2D eigenvalue weighted by atomic mass is 16.5. The number of benzene rings is 2. The molecule has 0 spiro atoms. The maximum Gasteiger partial charge on any atom is 0.323 e. The van der Waals surface area contributed by atoms with Crippen molar-refractivity contribution >= 4 is 23.5 Å². The second kappa shape index (κ2) is 8.79. The van der Waals surface area contributed by atoms with Crippen molar-refractivity contribution in [2.45, 2.75) is 13.5 Å². The predicted molar refractivity (Wildman–Crippen MR) is 103 cm³/mol. The molecule has 0 radical (unpaired) electrons. The molecule has 0 bridgehead atoms. The molecule has 0 aliphatic rings. The molecule has 9 nitrogen and oxygen atoms in total. The Morgan fingerprint density at radius 3 is 2.31 bits per heavy atom. The van der Waals surface area contributed by atoms with Crippen LogP contribution >= 0.6 is 0 Å². The topological polar surface area (TPSA) is 126 Å². The van der Waals surface area contributed by atoms with Gasteiger partial charge < -0.3 is 19.8 Å². The van der Waals surface area contributed by atoms with E-state index in [4.69, 9.17) is 4.52 Å². The molecule has 3 rings (SSSR count). The zero-order chi connectivity index (χ0) is 20.8. The van der Waals surface area contributed by atoms with Gasteiger partial charge in [0.25, 0.3) is 5.91 Å². The van der Waals surface area contributed by atoms with E-state index in [0.29, 0.717) is 17.1 Å². The first-order valence-corrected chi connectivity index (χ1v) is 8.67. The van der Waals surface area contributed by atoms with E-state index in [2.05, 4.69) is 15.5 Å². The van der Waals surface area contributed by atoms with Crippen molar-refractivity contribution in [1.82, 2.24) is 15.0 Å². The molecule has 9 heteroatoms. The van der Waals surface area contributed by atoms with Crippen molar-refractivity contribution in [3.63, 3.8) is 0 Å².